The van der Waals surface area contributed by atoms with Crippen LogP contribution in [0.3, 0.4) is 0 Å². The number of aromatic nitrogens is 3. The molecular formula is C18H15N3. The zero-order chi connectivity index (χ0) is 14.5. The van der Waals surface area contributed by atoms with Crippen LogP contribution in [0.2, 0.25) is 0 Å². The van der Waals surface area contributed by atoms with Crippen molar-refractivity contribution >= 4 is 0 Å². The minimum absolute atomic E-state index is 0.778. The van der Waals surface area contributed by atoms with Crippen molar-refractivity contribution < 1.29 is 0 Å². The van der Waals surface area contributed by atoms with E-state index in [0.717, 1.165) is 34.6 Å². The maximum absolute atomic E-state index is 4.54. The lowest BCUT2D eigenvalue weighted by Gasteiger charge is -2.10. The maximum atomic E-state index is 4.54. The molecule has 0 aliphatic heterocycles. The fourth-order valence-corrected chi connectivity index (χ4v) is 2.30. The lowest BCUT2D eigenvalue weighted by molar-refractivity contribution is 1.18. The van der Waals surface area contributed by atoms with Crippen LogP contribution in [0.15, 0.2) is 73.7 Å². The number of allylic oxidation sites excluding steroid dienone is 1. The molecule has 0 bridgehead atoms. The average molecular weight is 273 g/mol. The van der Waals surface area contributed by atoms with E-state index in [2.05, 4.69) is 27.6 Å². The summed E-state index contributed by atoms with van der Waals surface area (Å²) in [5, 5.41) is 0. The normalized spacial score (nSPS) is 10.3. The Labute approximate surface area is 124 Å². The van der Waals surface area contributed by atoms with Crippen molar-refractivity contribution in [3.05, 3.63) is 79.3 Å². The molecular weight excluding hydrogens is 258 g/mol. The molecule has 3 nitrogen and oxygen atoms in total. The summed E-state index contributed by atoms with van der Waals surface area (Å²) in [7, 11) is 0. The van der Waals surface area contributed by atoms with E-state index >= 15 is 0 Å². The van der Waals surface area contributed by atoms with Gasteiger partial charge >= 0.3 is 0 Å². The van der Waals surface area contributed by atoms with E-state index in [9.17, 15) is 0 Å². The second-order valence-corrected chi connectivity index (χ2v) is 4.62. The third-order valence-corrected chi connectivity index (χ3v) is 3.23. The molecule has 0 spiro atoms. The first-order valence-electron chi connectivity index (χ1n) is 6.81. The van der Waals surface area contributed by atoms with E-state index < -0.39 is 0 Å². The van der Waals surface area contributed by atoms with Crippen molar-refractivity contribution in [1.82, 2.24) is 15.0 Å². The molecule has 3 aromatic heterocycles. The first-order valence-corrected chi connectivity index (χ1v) is 6.81. The van der Waals surface area contributed by atoms with Gasteiger partial charge in [-0.25, -0.2) is 0 Å². The standard InChI is InChI=1S/C18H15N3/c1-2-7-14-8-5-12-20-17(14)15-9-6-13-21-18(15)16-10-3-4-11-19-16/h2-6,8-13H,1,7H2. The van der Waals surface area contributed by atoms with Crippen LogP contribution in [0.4, 0.5) is 0 Å². The highest BCUT2D eigenvalue weighted by atomic mass is 14.8. The summed E-state index contributed by atoms with van der Waals surface area (Å²) in [6.45, 7) is 3.82. The van der Waals surface area contributed by atoms with Gasteiger partial charge in [0, 0.05) is 24.2 Å². The Hall–Kier alpha value is -2.81. The lowest BCUT2D eigenvalue weighted by Crippen LogP contribution is -1.96. The van der Waals surface area contributed by atoms with Gasteiger partial charge in [-0.1, -0.05) is 18.2 Å². The summed E-state index contributed by atoms with van der Waals surface area (Å²) >= 11 is 0. The fourth-order valence-electron chi connectivity index (χ4n) is 2.30. The third-order valence-electron chi connectivity index (χ3n) is 3.23. The highest BCUT2D eigenvalue weighted by Gasteiger charge is 2.13. The molecule has 102 valence electrons. The molecule has 0 saturated carbocycles. The molecule has 0 amide bonds. The van der Waals surface area contributed by atoms with Gasteiger partial charge in [-0.05, 0) is 42.3 Å². The highest BCUT2D eigenvalue weighted by molar-refractivity contribution is 5.78. The van der Waals surface area contributed by atoms with Crippen molar-refractivity contribution in [2.24, 2.45) is 0 Å². The summed E-state index contributed by atoms with van der Waals surface area (Å²) in [5.41, 5.74) is 4.77. The molecule has 0 fully saturated rings. The minimum Gasteiger partial charge on any atom is -0.256 e. The van der Waals surface area contributed by atoms with Gasteiger partial charge in [0.15, 0.2) is 0 Å². The van der Waals surface area contributed by atoms with Crippen LogP contribution >= 0.6 is 0 Å². The largest absolute Gasteiger partial charge is 0.256 e. The SMILES string of the molecule is C=CCc1cccnc1-c1cccnc1-c1ccccn1. The molecule has 3 heteroatoms. The van der Waals surface area contributed by atoms with E-state index in [1.807, 2.05) is 42.5 Å². The summed E-state index contributed by atoms with van der Waals surface area (Å²) in [4.78, 5) is 13.4. The van der Waals surface area contributed by atoms with Gasteiger partial charge < -0.3 is 0 Å². The van der Waals surface area contributed by atoms with Gasteiger partial charge in [0.05, 0.1) is 17.1 Å². The smallest absolute Gasteiger partial charge is 0.0980 e. The van der Waals surface area contributed by atoms with Crippen LogP contribution in [0, 0.1) is 0 Å². The number of rotatable bonds is 4. The Morgan fingerprint density at radius 1 is 0.810 bits per heavy atom. The Morgan fingerprint density at radius 2 is 1.57 bits per heavy atom. The molecule has 0 unspecified atom stereocenters. The minimum atomic E-state index is 0.778. The molecule has 0 aliphatic rings. The Kier molecular flexibility index (Phi) is 3.83. The molecule has 3 rings (SSSR count). The summed E-state index contributed by atoms with van der Waals surface area (Å²) in [5.74, 6) is 0. The second-order valence-electron chi connectivity index (χ2n) is 4.62. The first kappa shape index (κ1) is 13.2. The third kappa shape index (κ3) is 2.72. The first-order chi connectivity index (χ1) is 10.4. The molecule has 3 heterocycles. The van der Waals surface area contributed by atoms with E-state index in [4.69, 9.17) is 0 Å². The molecule has 21 heavy (non-hydrogen) atoms. The van der Waals surface area contributed by atoms with Crippen LogP contribution in [0.25, 0.3) is 22.6 Å². The van der Waals surface area contributed by atoms with Crippen molar-refractivity contribution in [2.75, 3.05) is 0 Å². The number of hydrogen-bond acceptors (Lipinski definition) is 3. The molecule has 0 radical (unpaired) electrons. The van der Waals surface area contributed by atoms with Gasteiger partial charge in [-0.15, -0.1) is 6.58 Å². The Balaban J connectivity index is 2.18. The zero-order valence-electron chi connectivity index (χ0n) is 11.6. The average Bonchev–Trinajstić information content (AvgIpc) is 2.57. The fraction of sp³-hybridized carbons (Fsp3) is 0.0556. The van der Waals surface area contributed by atoms with Gasteiger partial charge in [0.1, 0.15) is 0 Å². The van der Waals surface area contributed by atoms with Gasteiger partial charge in [0.2, 0.25) is 0 Å². The predicted molar refractivity (Wildman–Crippen MR) is 84.6 cm³/mol. The van der Waals surface area contributed by atoms with Crippen molar-refractivity contribution in [2.45, 2.75) is 6.42 Å². The van der Waals surface area contributed by atoms with Gasteiger partial charge in [-0.3, -0.25) is 15.0 Å². The summed E-state index contributed by atoms with van der Waals surface area (Å²) < 4.78 is 0. The van der Waals surface area contributed by atoms with E-state index in [-0.39, 0.29) is 0 Å². The number of pyridine rings is 3. The topological polar surface area (TPSA) is 38.7 Å². The van der Waals surface area contributed by atoms with Crippen molar-refractivity contribution in [3.63, 3.8) is 0 Å². The van der Waals surface area contributed by atoms with Crippen LogP contribution in [0.1, 0.15) is 5.56 Å². The van der Waals surface area contributed by atoms with Crippen LogP contribution < -0.4 is 0 Å². The van der Waals surface area contributed by atoms with Crippen LogP contribution in [-0.2, 0) is 6.42 Å². The molecule has 0 saturated heterocycles. The van der Waals surface area contributed by atoms with E-state index in [1.54, 1.807) is 18.6 Å². The van der Waals surface area contributed by atoms with Crippen molar-refractivity contribution in [1.29, 1.82) is 0 Å². The van der Waals surface area contributed by atoms with E-state index in [1.165, 1.54) is 0 Å². The quantitative estimate of drug-likeness (QED) is 0.676. The Morgan fingerprint density at radius 3 is 2.33 bits per heavy atom. The molecule has 3 aromatic rings. The van der Waals surface area contributed by atoms with E-state index in [0.29, 0.717) is 0 Å². The molecule has 0 atom stereocenters. The summed E-state index contributed by atoms with van der Waals surface area (Å²) in [6.07, 6.45) is 8.02. The van der Waals surface area contributed by atoms with Crippen LogP contribution in [-0.4, -0.2) is 15.0 Å². The second kappa shape index (κ2) is 6.09. The predicted octanol–water partition coefficient (Wildman–Crippen LogP) is 3.93. The highest BCUT2D eigenvalue weighted by Crippen LogP contribution is 2.29. The molecule has 0 aliphatic carbocycles. The van der Waals surface area contributed by atoms with Gasteiger partial charge in [-0.2, -0.15) is 0 Å². The Bertz CT molecular complexity index is 751. The summed E-state index contributed by atoms with van der Waals surface area (Å²) in [6, 6.07) is 13.8. The maximum Gasteiger partial charge on any atom is 0.0980 e. The van der Waals surface area contributed by atoms with Gasteiger partial charge in [0.25, 0.3) is 0 Å². The van der Waals surface area contributed by atoms with Crippen molar-refractivity contribution in [3.8, 4) is 22.6 Å². The monoisotopic (exact) mass is 273 g/mol. The molecule has 0 N–H and O–H groups in total. The van der Waals surface area contributed by atoms with Crippen LogP contribution in [0.5, 0.6) is 0 Å². The number of nitrogens with zero attached hydrogens (tertiary/aromatic N) is 3. The lowest BCUT2D eigenvalue weighted by atomic mass is 10.0. The number of hydrogen-bond donors (Lipinski definition) is 0. The molecule has 0 aromatic carbocycles. The zero-order valence-corrected chi connectivity index (χ0v) is 11.6.